The van der Waals surface area contributed by atoms with Gasteiger partial charge in [0.05, 0.1) is 18.4 Å². The highest BCUT2D eigenvalue weighted by molar-refractivity contribution is 5.75. The normalized spacial score (nSPS) is 30.0. The summed E-state index contributed by atoms with van der Waals surface area (Å²) in [6.45, 7) is 9.30. The van der Waals surface area contributed by atoms with Gasteiger partial charge in [-0.05, 0) is 44.4 Å². The van der Waals surface area contributed by atoms with E-state index in [1.165, 1.54) is 13.8 Å². The van der Waals surface area contributed by atoms with Crippen LogP contribution in [0.2, 0.25) is 0 Å². The molecule has 0 spiro atoms. The van der Waals surface area contributed by atoms with Crippen molar-refractivity contribution in [3.05, 3.63) is 0 Å². The molecule has 0 aromatic carbocycles. The van der Waals surface area contributed by atoms with Gasteiger partial charge in [0.2, 0.25) is 11.8 Å². The fourth-order valence-corrected chi connectivity index (χ4v) is 4.80. The molecular formula is C22H38N2O6. The predicted octanol–water partition coefficient (Wildman–Crippen LogP) is 2.50. The lowest BCUT2D eigenvalue weighted by atomic mass is 9.94. The molecule has 8 heteroatoms. The molecule has 3 N–H and O–H groups in total. The van der Waals surface area contributed by atoms with Gasteiger partial charge in [0.25, 0.3) is 0 Å². The number of ether oxygens (including phenoxy) is 1. The maximum absolute atomic E-state index is 11.7. The quantitative estimate of drug-likeness (QED) is 0.538. The van der Waals surface area contributed by atoms with E-state index in [1.54, 1.807) is 0 Å². The third kappa shape index (κ3) is 7.95. The van der Waals surface area contributed by atoms with E-state index in [2.05, 4.69) is 17.6 Å². The third-order valence-corrected chi connectivity index (χ3v) is 6.16. The highest BCUT2D eigenvalue weighted by Crippen LogP contribution is 2.35. The Kier molecular flexibility index (Phi) is 10.8. The van der Waals surface area contributed by atoms with Gasteiger partial charge in [0.15, 0.2) is 0 Å². The minimum Gasteiger partial charge on any atom is -0.481 e. The highest BCUT2D eigenvalue weighted by atomic mass is 16.5. The lowest BCUT2D eigenvalue weighted by Gasteiger charge is -2.15. The fraction of sp³-hybridized carbons (Fsp3) is 0.818. The Morgan fingerprint density at radius 2 is 1.23 bits per heavy atom. The molecule has 0 bridgehead atoms. The first-order valence-corrected chi connectivity index (χ1v) is 11.1. The standard InChI is InChI=1S/C12H21NO3.C10H17NO3/c1-4-9-6-10(13-8(3)14)7-11(9)12(15)16-5-2;1-3-7-4-8(11-6(2)12)5-9(7)10(13)14/h9-11H,4-7H2,1-3H3,(H,13,14);7-9H,3-5H2,1-2H3,(H,11,12)(H,13,14)/t9-,10+,11+;7-,8+,9+/m11/s1. The molecule has 2 amide bonds. The number of nitrogens with one attached hydrogen (secondary N) is 2. The molecule has 2 aliphatic rings. The molecule has 0 saturated heterocycles. The van der Waals surface area contributed by atoms with Gasteiger partial charge in [-0.2, -0.15) is 0 Å². The number of aliphatic carboxylic acids is 1. The van der Waals surface area contributed by atoms with E-state index in [0.717, 1.165) is 32.1 Å². The minimum absolute atomic E-state index is 0.0237. The summed E-state index contributed by atoms with van der Waals surface area (Å²) in [5, 5.41) is 14.6. The number of rotatable bonds is 7. The monoisotopic (exact) mass is 426 g/mol. The largest absolute Gasteiger partial charge is 0.481 e. The fourth-order valence-electron chi connectivity index (χ4n) is 4.80. The number of hydrogen-bond donors (Lipinski definition) is 3. The van der Waals surface area contributed by atoms with Crippen LogP contribution in [0.15, 0.2) is 0 Å². The molecule has 172 valence electrons. The molecule has 2 rings (SSSR count). The molecule has 2 saturated carbocycles. The number of carbonyl (C=O) groups excluding carboxylic acids is 3. The minimum atomic E-state index is -0.732. The van der Waals surface area contributed by atoms with Crippen molar-refractivity contribution in [1.29, 1.82) is 0 Å². The van der Waals surface area contributed by atoms with E-state index >= 15 is 0 Å². The van der Waals surface area contributed by atoms with Crippen LogP contribution in [0.25, 0.3) is 0 Å². The average Bonchev–Trinajstić information content (AvgIpc) is 3.25. The van der Waals surface area contributed by atoms with Crippen LogP contribution in [0.1, 0.15) is 73.1 Å². The molecule has 0 unspecified atom stereocenters. The van der Waals surface area contributed by atoms with E-state index in [0.29, 0.717) is 18.9 Å². The zero-order valence-electron chi connectivity index (χ0n) is 18.9. The van der Waals surface area contributed by atoms with Crippen molar-refractivity contribution in [2.75, 3.05) is 6.61 Å². The number of esters is 1. The van der Waals surface area contributed by atoms with E-state index < -0.39 is 5.97 Å². The second kappa shape index (κ2) is 12.5. The number of carboxylic acid groups (broad SMARTS) is 1. The number of amides is 2. The van der Waals surface area contributed by atoms with E-state index in [1.807, 2.05) is 13.8 Å². The summed E-state index contributed by atoms with van der Waals surface area (Å²) in [5.41, 5.74) is 0. The van der Waals surface area contributed by atoms with Gasteiger partial charge in [0, 0.05) is 25.9 Å². The summed E-state index contributed by atoms with van der Waals surface area (Å²) in [6.07, 6.45) is 4.81. The lowest BCUT2D eigenvalue weighted by molar-refractivity contribution is -0.149. The Labute approximate surface area is 179 Å². The van der Waals surface area contributed by atoms with Crippen molar-refractivity contribution in [1.82, 2.24) is 10.6 Å². The second-order valence-corrected chi connectivity index (χ2v) is 8.38. The summed E-state index contributed by atoms with van der Waals surface area (Å²) in [5.74, 6) is -0.703. The predicted molar refractivity (Wildman–Crippen MR) is 112 cm³/mol. The SMILES string of the molecule is CCOC(=O)[C@H]1C[C@@H](NC(C)=O)C[C@H]1CC.CC[C@@H]1C[C@H](NC(C)=O)C[C@@H]1C(=O)O. The first kappa shape index (κ1) is 25.9. The lowest BCUT2D eigenvalue weighted by Crippen LogP contribution is -2.31. The Morgan fingerprint density at radius 3 is 1.57 bits per heavy atom. The molecule has 0 aromatic rings. The number of hydrogen-bond acceptors (Lipinski definition) is 5. The van der Waals surface area contributed by atoms with Crippen LogP contribution in [0.5, 0.6) is 0 Å². The Bertz CT molecular complexity index is 608. The van der Waals surface area contributed by atoms with Crippen LogP contribution in [-0.2, 0) is 23.9 Å². The Hall–Kier alpha value is -2.12. The van der Waals surface area contributed by atoms with Gasteiger partial charge in [0.1, 0.15) is 0 Å². The number of carbonyl (C=O) groups is 4. The topological polar surface area (TPSA) is 122 Å². The third-order valence-electron chi connectivity index (χ3n) is 6.16. The molecule has 0 aliphatic heterocycles. The average molecular weight is 427 g/mol. The van der Waals surface area contributed by atoms with E-state index in [4.69, 9.17) is 9.84 Å². The molecule has 30 heavy (non-hydrogen) atoms. The molecule has 0 heterocycles. The van der Waals surface area contributed by atoms with E-state index in [9.17, 15) is 19.2 Å². The van der Waals surface area contributed by atoms with Gasteiger partial charge < -0.3 is 20.5 Å². The zero-order valence-corrected chi connectivity index (χ0v) is 18.9. The highest BCUT2D eigenvalue weighted by Gasteiger charge is 2.39. The maximum Gasteiger partial charge on any atom is 0.309 e. The van der Waals surface area contributed by atoms with Crippen molar-refractivity contribution in [2.24, 2.45) is 23.7 Å². The van der Waals surface area contributed by atoms with Crippen molar-refractivity contribution in [3.63, 3.8) is 0 Å². The van der Waals surface area contributed by atoms with Crippen molar-refractivity contribution >= 4 is 23.8 Å². The zero-order chi connectivity index (χ0) is 22.8. The van der Waals surface area contributed by atoms with Crippen LogP contribution < -0.4 is 10.6 Å². The van der Waals surface area contributed by atoms with Crippen LogP contribution in [0.4, 0.5) is 0 Å². The summed E-state index contributed by atoms with van der Waals surface area (Å²) in [4.78, 5) is 44.4. The van der Waals surface area contributed by atoms with Crippen molar-refractivity contribution in [3.8, 4) is 0 Å². The molecular weight excluding hydrogens is 388 g/mol. The molecule has 0 radical (unpaired) electrons. The van der Waals surface area contributed by atoms with Crippen LogP contribution in [0, 0.1) is 23.7 Å². The summed E-state index contributed by atoms with van der Waals surface area (Å²) >= 11 is 0. The summed E-state index contributed by atoms with van der Waals surface area (Å²) in [7, 11) is 0. The van der Waals surface area contributed by atoms with Gasteiger partial charge in [-0.15, -0.1) is 0 Å². The molecule has 0 aromatic heterocycles. The molecule has 2 aliphatic carbocycles. The maximum atomic E-state index is 11.7. The van der Waals surface area contributed by atoms with Crippen molar-refractivity contribution in [2.45, 2.75) is 85.2 Å². The summed E-state index contributed by atoms with van der Waals surface area (Å²) in [6, 6.07) is 0.190. The number of carboxylic acids is 1. The van der Waals surface area contributed by atoms with Gasteiger partial charge in [-0.1, -0.05) is 26.7 Å². The molecule has 2 fully saturated rings. The van der Waals surface area contributed by atoms with Gasteiger partial charge in [-0.25, -0.2) is 0 Å². The first-order valence-electron chi connectivity index (χ1n) is 11.1. The second-order valence-electron chi connectivity index (χ2n) is 8.38. The van der Waals surface area contributed by atoms with Crippen LogP contribution in [0.3, 0.4) is 0 Å². The summed E-state index contributed by atoms with van der Waals surface area (Å²) < 4.78 is 5.06. The van der Waals surface area contributed by atoms with Crippen LogP contribution in [-0.4, -0.2) is 47.6 Å². The first-order chi connectivity index (χ1) is 14.1. The van der Waals surface area contributed by atoms with Gasteiger partial charge in [-0.3, -0.25) is 19.2 Å². The van der Waals surface area contributed by atoms with Gasteiger partial charge >= 0.3 is 11.9 Å². The molecule has 8 nitrogen and oxygen atoms in total. The molecule has 6 atom stereocenters. The Balaban J connectivity index is 0.000000303. The van der Waals surface area contributed by atoms with E-state index in [-0.39, 0.29) is 47.6 Å². The smallest absolute Gasteiger partial charge is 0.309 e. The Morgan fingerprint density at radius 1 is 0.800 bits per heavy atom. The van der Waals surface area contributed by atoms with Crippen molar-refractivity contribution < 1.29 is 29.0 Å². The van der Waals surface area contributed by atoms with Crippen LogP contribution >= 0.6 is 0 Å².